The number of nitrogens with two attached hydrogens (primary N) is 1. The average Bonchev–Trinajstić information content (AvgIpc) is 2.87. The summed E-state index contributed by atoms with van der Waals surface area (Å²) >= 11 is 0. The van der Waals surface area contributed by atoms with Crippen LogP contribution in [0.5, 0.6) is 0 Å². The lowest BCUT2D eigenvalue weighted by Crippen LogP contribution is -2.19. The first kappa shape index (κ1) is 8.66. The van der Waals surface area contributed by atoms with Gasteiger partial charge in [-0.1, -0.05) is 6.07 Å². The van der Waals surface area contributed by atoms with Gasteiger partial charge in [0.1, 0.15) is 0 Å². The zero-order valence-corrected chi connectivity index (χ0v) is 7.79. The minimum atomic E-state index is 0.174. The Bertz CT molecular complexity index is 308. The maximum absolute atomic E-state index is 5.12. The molecule has 1 aliphatic carbocycles. The zero-order valence-electron chi connectivity index (χ0n) is 7.79. The molecule has 3 nitrogen and oxygen atoms in total. The lowest BCUT2D eigenvalue weighted by atomic mass is 9.96. The Kier molecular flexibility index (Phi) is 2.06. The molecule has 1 aromatic heterocycles. The Morgan fingerprint density at radius 1 is 1.62 bits per heavy atom. The van der Waals surface area contributed by atoms with Crippen LogP contribution in [-0.2, 0) is 10.3 Å². The molecule has 1 aromatic rings. The van der Waals surface area contributed by atoms with Gasteiger partial charge in [-0.3, -0.25) is 4.98 Å². The molecule has 0 spiro atoms. The van der Waals surface area contributed by atoms with Gasteiger partial charge < -0.3 is 4.84 Å². The lowest BCUT2D eigenvalue weighted by Gasteiger charge is -2.15. The van der Waals surface area contributed by atoms with Crippen molar-refractivity contribution in [3.05, 3.63) is 29.6 Å². The number of nitrogens with zero attached hydrogens (tertiary/aromatic N) is 1. The van der Waals surface area contributed by atoms with Gasteiger partial charge in [0, 0.05) is 17.3 Å². The molecule has 1 heterocycles. The van der Waals surface area contributed by atoms with E-state index in [1.807, 2.05) is 19.2 Å². The van der Waals surface area contributed by atoms with E-state index in [4.69, 9.17) is 10.7 Å². The highest BCUT2D eigenvalue weighted by Gasteiger charge is 2.45. The molecule has 0 aromatic carbocycles. The van der Waals surface area contributed by atoms with Crippen molar-refractivity contribution in [1.82, 2.24) is 4.98 Å². The molecule has 0 radical (unpaired) electrons. The van der Waals surface area contributed by atoms with Crippen molar-refractivity contribution in [3.63, 3.8) is 0 Å². The van der Waals surface area contributed by atoms with Crippen LogP contribution in [0.25, 0.3) is 0 Å². The topological polar surface area (TPSA) is 48.1 Å². The Morgan fingerprint density at radius 2 is 2.38 bits per heavy atom. The summed E-state index contributed by atoms with van der Waals surface area (Å²) in [4.78, 5) is 9.02. The molecule has 70 valence electrons. The van der Waals surface area contributed by atoms with Crippen LogP contribution in [0.1, 0.15) is 24.1 Å². The molecule has 2 N–H and O–H groups in total. The third kappa shape index (κ3) is 1.45. The van der Waals surface area contributed by atoms with Gasteiger partial charge in [-0.2, -0.15) is 0 Å². The van der Waals surface area contributed by atoms with Crippen LogP contribution in [0, 0.1) is 6.92 Å². The lowest BCUT2D eigenvalue weighted by molar-refractivity contribution is 0.116. The number of hydrogen-bond donors (Lipinski definition) is 1. The molecule has 3 heteroatoms. The number of aryl methyl sites for hydroxylation is 1. The Hall–Kier alpha value is -0.930. The fourth-order valence-corrected chi connectivity index (χ4v) is 1.85. The maximum Gasteiger partial charge on any atom is 0.0776 e. The first-order valence-corrected chi connectivity index (χ1v) is 4.52. The third-order valence-electron chi connectivity index (χ3n) is 2.79. The van der Waals surface area contributed by atoms with Gasteiger partial charge in [0.2, 0.25) is 0 Å². The largest absolute Gasteiger partial charge is 0.304 e. The Balaban J connectivity index is 2.30. The highest BCUT2D eigenvalue weighted by atomic mass is 16.6. The first-order chi connectivity index (χ1) is 6.28. The van der Waals surface area contributed by atoms with Crippen molar-refractivity contribution in [2.24, 2.45) is 5.90 Å². The van der Waals surface area contributed by atoms with E-state index in [0.717, 1.165) is 18.5 Å². The summed E-state index contributed by atoms with van der Waals surface area (Å²) in [5.41, 5.74) is 2.56. The van der Waals surface area contributed by atoms with Crippen LogP contribution in [0.2, 0.25) is 0 Å². The highest BCUT2D eigenvalue weighted by molar-refractivity contribution is 5.34. The van der Waals surface area contributed by atoms with Crippen LogP contribution in [0.3, 0.4) is 0 Å². The smallest absolute Gasteiger partial charge is 0.0776 e. The molecule has 13 heavy (non-hydrogen) atoms. The summed E-state index contributed by atoms with van der Waals surface area (Å²) in [6, 6.07) is 4.09. The molecule has 1 saturated carbocycles. The predicted octanol–water partition coefficient (Wildman–Crippen LogP) is 1.31. The number of aromatic nitrogens is 1. The van der Waals surface area contributed by atoms with Gasteiger partial charge in [0.15, 0.2) is 0 Å². The molecule has 0 atom stereocenters. The number of hydrogen-bond acceptors (Lipinski definition) is 3. The monoisotopic (exact) mass is 178 g/mol. The second kappa shape index (κ2) is 3.09. The van der Waals surface area contributed by atoms with Crippen LogP contribution < -0.4 is 5.90 Å². The molecule has 0 aliphatic heterocycles. The van der Waals surface area contributed by atoms with Gasteiger partial charge >= 0.3 is 0 Å². The fourth-order valence-electron chi connectivity index (χ4n) is 1.85. The molecule has 1 aliphatic rings. The van der Waals surface area contributed by atoms with Crippen molar-refractivity contribution < 1.29 is 4.84 Å². The molecule has 0 amide bonds. The predicted molar refractivity (Wildman–Crippen MR) is 50.0 cm³/mol. The quantitative estimate of drug-likeness (QED) is 0.710. The van der Waals surface area contributed by atoms with E-state index in [1.54, 1.807) is 0 Å². The summed E-state index contributed by atoms with van der Waals surface area (Å²) < 4.78 is 0. The highest BCUT2D eigenvalue weighted by Crippen LogP contribution is 2.48. The van der Waals surface area contributed by atoms with Crippen LogP contribution in [0.4, 0.5) is 0 Å². The van der Waals surface area contributed by atoms with Gasteiger partial charge in [0.05, 0.1) is 6.61 Å². The minimum absolute atomic E-state index is 0.174. The van der Waals surface area contributed by atoms with Crippen LogP contribution >= 0.6 is 0 Å². The standard InChI is InChI=1S/C10H14N2O/c1-8-9(3-2-6-12-8)10(4-5-10)7-13-11/h2-3,6H,4-5,7,11H2,1H3. The molecule has 1 fully saturated rings. The first-order valence-electron chi connectivity index (χ1n) is 4.52. The fraction of sp³-hybridized carbons (Fsp3) is 0.500. The SMILES string of the molecule is Cc1ncccc1C1(CON)CC1. The zero-order chi connectivity index (χ0) is 9.31. The minimum Gasteiger partial charge on any atom is -0.304 e. The van der Waals surface area contributed by atoms with Crippen molar-refractivity contribution >= 4 is 0 Å². The van der Waals surface area contributed by atoms with Gasteiger partial charge in [-0.05, 0) is 31.4 Å². The summed E-state index contributed by atoms with van der Waals surface area (Å²) in [6.45, 7) is 2.64. The summed E-state index contributed by atoms with van der Waals surface area (Å²) in [5, 5.41) is 0. The van der Waals surface area contributed by atoms with E-state index in [9.17, 15) is 0 Å². The Morgan fingerprint density at radius 3 is 2.92 bits per heavy atom. The maximum atomic E-state index is 5.12. The van der Waals surface area contributed by atoms with Gasteiger partial charge in [0.25, 0.3) is 0 Å². The van der Waals surface area contributed by atoms with Crippen LogP contribution in [-0.4, -0.2) is 11.6 Å². The van der Waals surface area contributed by atoms with Crippen LogP contribution in [0.15, 0.2) is 18.3 Å². The molecular weight excluding hydrogens is 164 g/mol. The van der Waals surface area contributed by atoms with E-state index in [-0.39, 0.29) is 5.41 Å². The Labute approximate surface area is 77.9 Å². The summed E-state index contributed by atoms with van der Waals surface area (Å²) in [7, 11) is 0. The van der Waals surface area contributed by atoms with Gasteiger partial charge in [-0.15, -0.1) is 0 Å². The third-order valence-corrected chi connectivity index (χ3v) is 2.79. The molecule has 2 rings (SSSR count). The van der Waals surface area contributed by atoms with E-state index in [0.29, 0.717) is 6.61 Å². The van der Waals surface area contributed by atoms with Crippen molar-refractivity contribution in [2.75, 3.05) is 6.61 Å². The van der Waals surface area contributed by atoms with E-state index < -0.39 is 0 Å². The van der Waals surface area contributed by atoms with E-state index >= 15 is 0 Å². The normalized spacial score (nSPS) is 18.6. The molecule has 0 saturated heterocycles. The van der Waals surface area contributed by atoms with E-state index in [2.05, 4.69) is 11.1 Å². The number of rotatable bonds is 3. The molecule has 0 bridgehead atoms. The second-order valence-electron chi connectivity index (χ2n) is 3.73. The molecular formula is C10H14N2O. The van der Waals surface area contributed by atoms with Crippen molar-refractivity contribution in [3.8, 4) is 0 Å². The van der Waals surface area contributed by atoms with Crippen molar-refractivity contribution in [1.29, 1.82) is 0 Å². The molecule has 0 unspecified atom stereocenters. The number of pyridine rings is 1. The van der Waals surface area contributed by atoms with Gasteiger partial charge in [-0.25, -0.2) is 5.90 Å². The summed E-state index contributed by atoms with van der Waals surface area (Å²) in [5.74, 6) is 5.12. The second-order valence-corrected chi connectivity index (χ2v) is 3.73. The average molecular weight is 178 g/mol. The van der Waals surface area contributed by atoms with E-state index in [1.165, 1.54) is 5.56 Å². The van der Waals surface area contributed by atoms with Crippen molar-refractivity contribution in [2.45, 2.75) is 25.2 Å². The summed E-state index contributed by atoms with van der Waals surface area (Å²) in [6.07, 6.45) is 4.14.